The monoisotopic (exact) mass is 292 g/mol. The first-order valence-electron chi connectivity index (χ1n) is 6.73. The summed E-state index contributed by atoms with van der Waals surface area (Å²) < 4.78 is 1.91. The Bertz CT molecular complexity index is 559. The van der Waals surface area contributed by atoms with Gasteiger partial charge in [0.15, 0.2) is 0 Å². The molecular formula is C14H17ClN4O. The largest absolute Gasteiger partial charge is 0.385 e. The lowest BCUT2D eigenvalue weighted by Crippen LogP contribution is -2.27. The highest BCUT2D eigenvalue weighted by atomic mass is 35.5. The zero-order valence-corrected chi connectivity index (χ0v) is 11.8. The van der Waals surface area contributed by atoms with Crippen LogP contribution in [0.1, 0.15) is 24.3 Å². The van der Waals surface area contributed by atoms with Gasteiger partial charge in [-0.15, -0.1) is 0 Å². The first-order chi connectivity index (χ1) is 9.72. The molecule has 6 heteroatoms. The molecular weight excluding hydrogens is 276 g/mol. The minimum absolute atomic E-state index is 0.332. The summed E-state index contributed by atoms with van der Waals surface area (Å²) >= 11 is 5.89. The van der Waals surface area contributed by atoms with Gasteiger partial charge < -0.3 is 5.11 Å². The number of pyridine rings is 1. The van der Waals surface area contributed by atoms with Crippen LogP contribution in [0.25, 0.3) is 0 Å². The lowest BCUT2D eigenvalue weighted by Gasteiger charge is -2.19. The first-order valence-corrected chi connectivity index (χ1v) is 7.11. The summed E-state index contributed by atoms with van der Waals surface area (Å²) in [4.78, 5) is 6.43. The summed E-state index contributed by atoms with van der Waals surface area (Å²) in [6.07, 6.45) is 5.69. The summed E-state index contributed by atoms with van der Waals surface area (Å²) in [6, 6.07) is 5.93. The molecule has 2 aromatic heterocycles. The second-order valence-electron chi connectivity index (χ2n) is 5.11. The Balaban J connectivity index is 1.58. The molecule has 3 rings (SSSR count). The van der Waals surface area contributed by atoms with Gasteiger partial charge in [0.1, 0.15) is 6.10 Å². The number of hydrogen-bond acceptors (Lipinski definition) is 4. The number of rotatable bonds is 4. The Labute approximate surface area is 122 Å². The van der Waals surface area contributed by atoms with Gasteiger partial charge in [-0.05, 0) is 18.6 Å². The molecule has 2 unspecified atom stereocenters. The zero-order valence-electron chi connectivity index (χ0n) is 11.1. The van der Waals surface area contributed by atoms with E-state index in [0.29, 0.717) is 17.6 Å². The van der Waals surface area contributed by atoms with Crippen LogP contribution in [0.15, 0.2) is 36.8 Å². The maximum Gasteiger partial charge on any atom is 0.109 e. The van der Waals surface area contributed by atoms with Gasteiger partial charge in [-0.25, -0.2) is 0 Å². The predicted octanol–water partition coefficient (Wildman–Crippen LogP) is 1.91. The molecule has 0 radical (unpaired) electrons. The lowest BCUT2D eigenvalue weighted by molar-refractivity contribution is 0.120. The molecule has 0 bridgehead atoms. The third-order valence-electron chi connectivity index (χ3n) is 3.65. The van der Waals surface area contributed by atoms with E-state index in [1.54, 1.807) is 12.4 Å². The summed E-state index contributed by atoms with van der Waals surface area (Å²) in [5, 5.41) is 15.1. The van der Waals surface area contributed by atoms with Crippen LogP contribution < -0.4 is 0 Å². The second kappa shape index (κ2) is 5.91. The molecule has 2 atom stereocenters. The highest BCUT2D eigenvalue weighted by Crippen LogP contribution is 2.24. The van der Waals surface area contributed by atoms with Crippen molar-refractivity contribution in [1.82, 2.24) is 19.7 Å². The molecule has 1 aliphatic heterocycles. The molecule has 20 heavy (non-hydrogen) atoms. The molecule has 0 saturated carbocycles. The van der Waals surface area contributed by atoms with Crippen molar-refractivity contribution in [2.45, 2.75) is 18.6 Å². The van der Waals surface area contributed by atoms with Crippen LogP contribution in [-0.2, 0) is 0 Å². The van der Waals surface area contributed by atoms with Crippen LogP contribution in [0, 0.1) is 0 Å². The van der Waals surface area contributed by atoms with Crippen LogP contribution in [0.2, 0.25) is 5.02 Å². The summed E-state index contributed by atoms with van der Waals surface area (Å²) in [7, 11) is 0. The van der Waals surface area contributed by atoms with Crippen molar-refractivity contribution in [1.29, 1.82) is 0 Å². The molecule has 2 aromatic rings. The van der Waals surface area contributed by atoms with Crippen LogP contribution >= 0.6 is 11.6 Å². The zero-order chi connectivity index (χ0) is 13.9. The summed E-state index contributed by atoms with van der Waals surface area (Å²) in [5.41, 5.74) is 0.720. The van der Waals surface area contributed by atoms with E-state index in [1.807, 2.05) is 29.1 Å². The molecule has 0 aliphatic carbocycles. The topological polar surface area (TPSA) is 54.2 Å². The standard InChI is InChI=1S/C14H17ClN4O/c15-11-7-17-19(8-11)12-4-6-18(9-12)10-14(20)13-3-1-2-5-16-13/h1-3,5,7-8,12,14,20H,4,6,9-10H2. The average Bonchev–Trinajstić information content (AvgIpc) is 3.09. The quantitative estimate of drug-likeness (QED) is 0.935. The molecule has 106 valence electrons. The van der Waals surface area contributed by atoms with Crippen LogP contribution in [0.5, 0.6) is 0 Å². The Hall–Kier alpha value is -1.43. The number of aliphatic hydroxyl groups is 1. The highest BCUT2D eigenvalue weighted by Gasteiger charge is 2.26. The van der Waals surface area contributed by atoms with Crippen LogP contribution in [0.3, 0.4) is 0 Å². The SMILES string of the molecule is OC(CN1CCC(n2cc(Cl)cn2)C1)c1ccccn1. The van der Waals surface area contributed by atoms with E-state index >= 15 is 0 Å². The second-order valence-corrected chi connectivity index (χ2v) is 5.55. The van der Waals surface area contributed by atoms with Crippen molar-refractivity contribution < 1.29 is 5.11 Å². The minimum Gasteiger partial charge on any atom is -0.385 e. The van der Waals surface area contributed by atoms with Crippen molar-refractivity contribution in [3.8, 4) is 0 Å². The number of halogens is 1. The number of aromatic nitrogens is 3. The normalized spacial score (nSPS) is 21.2. The van der Waals surface area contributed by atoms with Gasteiger partial charge in [0, 0.05) is 32.0 Å². The Morgan fingerprint density at radius 2 is 2.35 bits per heavy atom. The molecule has 0 amide bonds. The molecule has 5 nitrogen and oxygen atoms in total. The van der Waals surface area contributed by atoms with Gasteiger partial charge >= 0.3 is 0 Å². The van der Waals surface area contributed by atoms with Gasteiger partial charge in [0.2, 0.25) is 0 Å². The van der Waals surface area contributed by atoms with Crippen molar-refractivity contribution in [2.75, 3.05) is 19.6 Å². The lowest BCUT2D eigenvalue weighted by atomic mass is 10.2. The number of likely N-dealkylation sites (tertiary alicyclic amines) is 1. The third kappa shape index (κ3) is 3.00. The molecule has 0 spiro atoms. The third-order valence-corrected chi connectivity index (χ3v) is 3.85. The smallest absolute Gasteiger partial charge is 0.109 e. The van der Waals surface area contributed by atoms with Gasteiger partial charge in [0.25, 0.3) is 0 Å². The van der Waals surface area contributed by atoms with Gasteiger partial charge in [-0.2, -0.15) is 5.10 Å². The van der Waals surface area contributed by atoms with E-state index in [4.69, 9.17) is 11.6 Å². The van der Waals surface area contributed by atoms with Crippen molar-refractivity contribution in [3.05, 3.63) is 47.5 Å². The van der Waals surface area contributed by atoms with Crippen molar-refractivity contribution in [3.63, 3.8) is 0 Å². The van der Waals surface area contributed by atoms with Gasteiger partial charge in [0.05, 0.1) is 23.0 Å². The fraction of sp³-hybridized carbons (Fsp3) is 0.429. The van der Waals surface area contributed by atoms with Crippen molar-refractivity contribution in [2.24, 2.45) is 0 Å². The van der Waals surface area contributed by atoms with E-state index in [-0.39, 0.29) is 0 Å². The fourth-order valence-electron chi connectivity index (χ4n) is 2.62. The number of β-amino-alcohol motifs (C(OH)–C–C–N with tert-alkyl or cyclic N) is 1. The van der Waals surface area contributed by atoms with E-state index in [9.17, 15) is 5.11 Å². The minimum atomic E-state index is -0.545. The van der Waals surface area contributed by atoms with Crippen molar-refractivity contribution >= 4 is 11.6 Å². The molecule has 1 saturated heterocycles. The van der Waals surface area contributed by atoms with E-state index < -0.39 is 6.10 Å². The van der Waals surface area contributed by atoms with Crippen LogP contribution in [-0.4, -0.2) is 44.4 Å². The molecule has 1 N–H and O–H groups in total. The Morgan fingerprint density at radius 3 is 3.05 bits per heavy atom. The Kier molecular flexibility index (Phi) is 4.00. The van der Waals surface area contributed by atoms with E-state index in [0.717, 1.165) is 25.2 Å². The molecule has 1 fully saturated rings. The van der Waals surface area contributed by atoms with E-state index in [1.165, 1.54) is 0 Å². The van der Waals surface area contributed by atoms with Gasteiger partial charge in [-0.1, -0.05) is 17.7 Å². The Morgan fingerprint density at radius 1 is 1.45 bits per heavy atom. The molecule has 1 aliphatic rings. The molecule has 3 heterocycles. The fourth-order valence-corrected chi connectivity index (χ4v) is 2.76. The first kappa shape index (κ1) is 13.5. The number of nitrogens with zero attached hydrogens (tertiary/aromatic N) is 4. The number of hydrogen-bond donors (Lipinski definition) is 1. The van der Waals surface area contributed by atoms with Gasteiger partial charge in [-0.3, -0.25) is 14.6 Å². The van der Waals surface area contributed by atoms with E-state index in [2.05, 4.69) is 15.0 Å². The number of aliphatic hydroxyl groups excluding tert-OH is 1. The highest BCUT2D eigenvalue weighted by molar-refractivity contribution is 6.30. The summed E-state index contributed by atoms with van der Waals surface area (Å²) in [6.45, 7) is 2.43. The average molecular weight is 293 g/mol. The summed E-state index contributed by atoms with van der Waals surface area (Å²) in [5.74, 6) is 0. The maximum absolute atomic E-state index is 10.2. The molecule has 0 aromatic carbocycles. The predicted molar refractivity (Wildman–Crippen MR) is 76.5 cm³/mol. The van der Waals surface area contributed by atoms with Crippen LogP contribution in [0.4, 0.5) is 0 Å². The maximum atomic E-state index is 10.2.